The van der Waals surface area contributed by atoms with Crippen molar-refractivity contribution < 1.29 is 4.79 Å². The van der Waals surface area contributed by atoms with Crippen LogP contribution >= 0.6 is 11.3 Å². The highest BCUT2D eigenvalue weighted by Gasteiger charge is 2.22. The zero-order chi connectivity index (χ0) is 16.4. The van der Waals surface area contributed by atoms with Gasteiger partial charge >= 0.3 is 0 Å². The number of thiazole rings is 1. The Hall–Kier alpha value is -2.48. The van der Waals surface area contributed by atoms with Crippen molar-refractivity contribution in [3.8, 4) is 0 Å². The van der Waals surface area contributed by atoms with Crippen LogP contribution in [-0.2, 0) is 11.3 Å². The highest BCUT2D eigenvalue weighted by Crippen LogP contribution is 2.22. The SMILES string of the molecule is O=C(Cn1nnc2ccccc21)NC1CCN(c2nccs2)CC1. The maximum absolute atomic E-state index is 12.3. The molecule has 1 aliphatic rings. The topological polar surface area (TPSA) is 75.9 Å². The zero-order valence-corrected chi connectivity index (χ0v) is 13.9. The fourth-order valence-electron chi connectivity index (χ4n) is 3.03. The molecular weight excluding hydrogens is 324 g/mol. The molecule has 8 heteroatoms. The molecule has 0 saturated carbocycles. The third-order valence-corrected chi connectivity index (χ3v) is 5.10. The number of carbonyl (C=O) groups is 1. The van der Waals surface area contributed by atoms with Gasteiger partial charge in [-0.25, -0.2) is 9.67 Å². The summed E-state index contributed by atoms with van der Waals surface area (Å²) in [4.78, 5) is 18.9. The summed E-state index contributed by atoms with van der Waals surface area (Å²) in [6.45, 7) is 2.04. The molecule has 0 bridgehead atoms. The number of aromatic nitrogens is 4. The summed E-state index contributed by atoms with van der Waals surface area (Å²) in [5.41, 5.74) is 1.69. The highest BCUT2D eigenvalue weighted by molar-refractivity contribution is 7.13. The van der Waals surface area contributed by atoms with E-state index < -0.39 is 0 Å². The molecule has 3 heterocycles. The van der Waals surface area contributed by atoms with E-state index in [0.717, 1.165) is 42.1 Å². The van der Waals surface area contributed by atoms with Gasteiger partial charge in [-0.15, -0.1) is 16.4 Å². The van der Waals surface area contributed by atoms with Crippen LogP contribution in [0.3, 0.4) is 0 Å². The molecule has 0 unspecified atom stereocenters. The van der Waals surface area contributed by atoms with Gasteiger partial charge in [0.1, 0.15) is 12.1 Å². The number of nitrogens with zero attached hydrogens (tertiary/aromatic N) is 5. The summed E-state index contributed by atoms with van der Waals surface area (Å²) in [7, 11) is 0. The first kappa shape index (κ1) is 15.1. The van der Waals surface area contributed by atoms with E-state index in [0.29, 0.717) is 0 Å². The van der Waals surface area contributed by atoms with Gasteiger partial charge in [-0.2, -0.15) is 0 Å². The van der Waals surface area contributed by atoms with E-state index in [1.165, 1.54) is 0 Å². The molecule has 0 radical (unpaired) electrons. The molecule has 1 aliphatic heterocycles. The quantitative estimate of drug-likeness (QED) is 0.781. The molecule has 0 aliphatic carbocycles. The van der Waals surface area contributed by atoms with Crippen LogP contribution in [0.15, 0.2) is 35.8 Å². The average molecular weight is 342 g/mol. The van der Waals surface area contributed by atoms with Crippen molar-refractivity contribution in [2.45, 2.75) is 25.4 Å². The Labute approximate surface area is 143 Å². The molecule has 0 spiro atoms. The Balaban J connectivity index is 1.32. The summed E-state index contributed by atoms with van der Waals surface area (Å²) in [5.74, 6) is -0.0154. The fraction of sp³-hybridized carbons (Fsp3) is 0.375. The second kappa shape index (κ2) is 6.56. The van der Waals surface area contributed by atoms with E-state index in [1.54, 1.807) is 16.0 Å². The van der Waals surface area contributed by atoms with Crippen LogP contribution in [0.2, 0.25) is 0 Å². The smallest absolute Gasteiger partial charge is 0.242 e. The number of para-hydroxylation sites is 1. The van der Waals surface area contributed by atoms with Crippen molar-refractivity contribution >= 4 is 33.4 Å². The van der Waals surface area contributed by atoms with Crippen molar-refractivity contribution in [2.24, 2.45) is 0 Å². The van der Waals surface area contributed by atoms with Crippen LogP contribution in [0.1, 0.15) is 12.8 Å². The molecule has 2 aromatic heterocycles. The third kappa shape index (κ3) is 3.09. The van der Waals surface area contributed by atoms with E-state index in [2.05, 4.69) is 25.5 Å². The Morgan fingerprint density at radius 2 is 2.12 bits per heavy atom. The molecule has 1 fully saturated rings. The summed E-state index contributed by atoms with van der Waals surface area (Å²) < 4.78 is 1.65. The van der Waals surface area contributed by atoms with Gasteiger partial charge in [-0.05, 0) is 25.0 Å². The first-order chi connectivity index (χ1) is 11.8. The number of carbonyl (C=O) groups excluding carboxylic acids is 1. The number of hydrogen-bond donors (Lipinski definition) is 1. The van der Waals surface area contributed by atoms with E-state index in [4.69, 9.17) is 0 Å². The van der Waals surface area contributed by atoms with Gasteiger partial charge in [0.2, 0.25) is 5.91 Å². The molecule has 1 aromatic carbocycles. The predicted octanol–water partition coefficient (Wildman–Crippen LogP) is 1.67. The van der Waals surface area contributed by atoms with Gasteiger partial charge in [-0.1, -0.05) is 17.3 Å². The molecule has 1 amide bonds. The van der Waals surface area contributed by atoms with E-state index >= 15 is 0 Å². The van der Waals surface area contributed by atoms with Crippen LogP contribution in [-0.4, -0.2) is 45.0 Å². The van der Waals surface area contributed by atoms with E-state index in [-0.39, 0.29) is 18.5 Å². The minimum atomic E-state index is -0.0154. The van der Waals surface area contributed by atoms with Crippen LogP contribution in [0.25, 0.3) is 11.0 Å². The normalized spacial score (nSPS) is 15.8. The lowest BCUT2D eigenvalue weighted by Crippen LogP contribution is -2.45. The van der Waals surface area contributed by atoms with Crippen LogP contribution in [0.5, 0.6) is 0 Å². The van der Waals surface area contributed by atoms with E-state index in [9.17, 15) is 4.79 Å². The van der Waals surface area contributed by atoms with Gasteiger partial charge in [0.25, 0.3) is 0 Å². The monoisotopic (exact) mass is 342 g/mol. The molecule has 24 heavy (non-hydrogen) atoms. The largest absolute Gasteiger partial charge is 0.352 e. The molecule has 1 N–H and O–H groups in total. The first-order valence-electron chi connectivity index (χ1n) is 8.01. The Kier molecular flexibility index (Phi) is 4.12. The predicted molar refractivity (Wildman–Crippen MR) is 93.0 cm³/mol. The van der Waals surface area contributed by atoms with Gasteiger partial charge in [0.05, 0.1) is 5.52 Å². The number of amides is 1. The first-order valence-corrected chi connectivity index (χ1v) is 8.89. The fourth-order valence-corrected chi connectivity index (χ4v) is 3.73. The number of rotatable bonds is 4. The van der Waals surface area contributed by atoms with Gasteiger partial charge < -0.3 is 10.2 Å². The lowest BCUT2D eigenvalue weighted by atomic mass is 10.1. The number of piperidine rings is 1. The molecule has 0 atom stereocenters. The number of benzene rings is 1. The number of anilines is 1. The second-order valence-electron chi connectivity index (χ2n) is 5.88. The Bertz CT molecular complexity index is 822. The Morgan fingerprint density at radius 3 is 2.92 bits per heavy atom. The molecule has 1 saturated heterocycles. The third-order valence-electron chi connectivity index (χ3n) is 4.26. The zero-order valence-electron chi connectivity index (χ0n) is 13.1. The molecular formula is C16H18N6OS. The minimum Gasteiger partial charge on any atom is -0.352 e. The van der Waals surface area contributed by atoms with Gasteiger partial charge in [0.15, 0.2) is 5.13 Å². The van der Waals surface area contributed by atoms with Crippen LogP contribution in [0, 0.1) is 0 Å². The molecule has 7 nitrogen and oxygen atoms in total. The molecule has 124 valence electrons. The summed E-state index contributed by atoms with van der Waals surface area (Å²) in [6, 6.07) is 7.87. The maximum Gasteiger partial charge on any atom is 0.242 e. The van der Waals surface area contributed by atoms with Crippen molar-refractivity contribution in [3.63, 3.8) is 0 Å². The average Bonchev–Trinajstić information content (AvgIpc) is 3.26. The van der Waals surface area contributed by atoms with Crippen LogP contribution < -0.4 is 10.2 Å². The summed E-state index contributed by atoms with van der Waals surface area (Å²) in [6.07, 6.45) is 3.70. The molecule has 3 aromatic rings. The van der Waals surface area contributed by atoms with Crippen LogP contribution in [0.4, 0.5) is 5.13 Å². The Morgan fingerprint density at radius 1 is 1.29 bits per heavy atom. The maximum atomic E-state index is 12.3. The van der Waals surface area contributed by atoms with Gasteiger partial charge in [-0.3, -0.25) is 4.79 Å². The minimum absolute atomic E-state index is 0.0154. The molecule has 4 rings (SSSR count). The highest BCUT2D eigenvalue weighted by atomic mass is 32.1. The van der Waals surface area contributed by atoms with Crippen molar-refractivity contribution in [3.05, 3.63) is 35.8 Å². The number of hydrogen-bond acceptors (Lipinski definition) is 6. The lowest BCUT2D eigenvalue weighted by molar-refractivity contribution is -0.122. The summed E-state index contributed by atoms with van der Waals surface area (Å²) >= 11 is 1.66. The van der Waals surface area contributed by atoms with Crippen molar-refractivity contribution in [2.75, 3.05) is 18.0 Å². The van der Waals surface area contributed by atoms with E-state index in [1.807, 2.05) is 35.8 Å². The number of fused-ring (bicyclic) bond motifs is 1. The van der Waals surface area contributed by atoms with Gasteiger partial charge in [0, 0.05) is 30.7 Å². The lowest BCUT2D eigenvalue weighted by Gasteiger charge is -2.32. The number of nitrogens with one attached hydrogen (secondary N) is 1. The second-order valence-corrected chi connectivity index (χ2v) is 6.75. The van der Waals surface area contributed by atoms with Crippen molar-refractivity contribution in [1.29, 1.82) is 0 Å². The van der Waals surface area contributed by atoms with Crippen molar-refractivity contribution in [1.82, 2.24) is 25.3 Å². The summed E-state index contributed by atoms with van der Waals surface area (Å²) in [5, 5.41) is 14.3. The standard InChI is InChI=1S/C16H18N6OS/c23-15(11-22-14-4-2-1-3-13(14)19-20-22)18-12-5-8-21(9-6-12)16-17-7-10-24-16/h1-4,7,10,12H,5-6,8-9,11H2,(H,18,23).